The van der Waals surface area contributed by atoms with Gasteiger partial charge in [0.1, 0.15) is 6.54 Å². The van der Waals surface area contributed by atoms with Crippen LogP contribution in [0.3, 0.4) is 0 Å². The second kappa shape index (κ2) is 11.6. The molecule has 1 aromatic heterocycles. The molecule has 2 aromatic carbocycles. The van der Waals surface area contributed by atoms with Gasteiger partial charge in [0.25, 0.3) is 0 Å². The molecule has 0 saturated carbocycles. The Morgan fingerprint density at radius 2 is 1.74 bits per heavy atom. The van der Waals surface area contributed by atoms with Crippen LogP contribution in [0, 0.1) is 0 Å². The molecule has 1 amide bonds. The molecule has 3 aromatic rings. The normalized spacial score (nSPS) is 13.8. The third-order valence-corrected chi connectivity index (χ3v) is 5.63. The van der Waals surface area contributed by atoms with Crippen LogP contribution < -0.4 is 11.0 Å². The van der Waals surface area contributed by atoms with Gasteiger partial charge in [0.2, 0.25) is 5.91 Å². The summed E-state index contributed by atoms with van der Waals surface area (Å²) < 4.78 is 78.9. The molecule has 0 fully saturated rings. The van der Waals surface area contributed by atoms with Gasteiger partial charge in [-0.05, 0) is 42.3 Å². The van der Waals surface area contributed by atoms with Crippen LogP contribution in [0.15, 0.2) is 53.3 Å². The van der Waals surface area contributed by atoms with Crippen molar-refractivity contribution in [1.29, 1.82) is 0 Å². The molecule has 1 heterocycles. The Labute approximate surface area is 216 Å². The van der Waals surface area contributed by atoms with Gasteiger partial charge in [0.05, 0.1) is 24.8 Å². The highest BCUT2D eigenvalue weighted by Crippen LogP contribution is 2.30. The molecule has 15 heteroatoms. The standard InChI is InChI=1S/C23H21ClF6N4O4/c24-16-6-4-14(5-7-16)20-32-34(21(38)33(20)10-18(36)23(28,29)30)11-19(37)31-17(12-35)9-13-2-1-3-15(8-13)22(25,26)27/h1-8,17-18,35-36H,9-12H2,(H,31,37)/t17-,18+/m1/s1. The van der Waals surface area contributed by atoms with Crippen molar-refractivity contribution in [2.24, 2.45) is 0 Å². The van der Waals surface area contributed by atoms with Gasteiger partial charge in [-0.2, -0.15) is 26.3 Å². The lowest BCUT2D eigenvalue weighted by atomic mass is 10.0. The van der Waals surface area contributed by atoms with E-state index in [2.05, 4.69) is 10.4 Å². The van der Waals surface area contributed by atoms with Crippen LogP contribution in [0.4, 0.5) is 26.3 Å². The molecule has 0 aliphatic heterocycles. The van der Waals surface area contributed by atoms with Gasteiger partial charge in [0.15, 0.2) is 11.9 Å². The number of carbonyl (C=O) groups excluding carboxylic acids is 1. The molecule has 0 bridgehead atoms. The molecule has 0 aliphatic rings. The fraction of sp³-hybridized carbons (Fsp3) is 0.348. The zero-order valence-corrected chi connectivity index (χ0v) is 20.1. The quantitative estimate of drug-likeness (QED) is 0.345. The Balaban J connectivity index is 1.82. The van der Waals surface area contributed by atoms with Crippen LogP contribution in [0.2, 0.25) is 5.02 Å². The van der Waals surface area contributed by atoms with Gasteiger partial charge < -0.3 is 15.5 Å². The van der Waals surface area contributed by atoms with E-state index in [1.54, 1.807) is 0 Å². The lowest BCUT2D eigenvalue weighted by Gasteiger charge is -2.17. The summed E-state index contributed by atoms with van der Waals surface area (Å²) >= 11 is 5.83. The maximum absolute atomic E-state index is 13.0. The van der Waals surface area contributed by atoms with Gasteiger partial charge in [-0.15, -0.1) is 5.10 Å². The summed E-state index contributed by atoms with van der Waals surface area (Å²) in [5.41, 5.74) is -1.69. The third-order valence-electron chi connectivity index (χ3n) is 5.37. The monoisotopic (exact) mass is 566 g/mol. The average Bonchev–Trinajstić information content (AvgIpc) is 3.13. The first-order valence-electron chi connectivity index (χ1n) is 10.9. The Hall–Kier alpha value is -3.36. The molecule has 0 unspecified atom stereocenters. The molecular weight excluding hydrogens is 546 g/mol. The number of aliphatic hydroxyl groups is 2. The molecule has 0 spiro atoms. The molecule has 38 heavy (non-hydrogen) atoms. The number of rotatable bonds is 9. The van der Waals surface area contributed by atoms with E-state index in [1.807, 2.05) is 0 Å². The number of amides is 1. The van der Waals surface area contributed by atoms with E-state index in [0.29, 0.717) is 14.3 Å². The minimum Gasteiger partial charge on any atom is -0.394 e. The fourth-order valence-corrected chi connectivity index (χ4v) is 3.65. The molecule has 3 N–H and O–H groups in total. The van der Waals surface area contributed by atoms with Crippen LogP contribution in [-0.2, 0) is 30.5 Å². The van der Waals surface area contributed by atoms with E-state index in [4.69, 9.17) is 11.6 Å². The molecule has 0 radical (unpaired) electrons. The van der Waals surface area contributed by atoms with Crippen LogP contribution in [-0.4, -0.2) is 55.4 Å². The van der Waals surface area contributed by atoms with Crippen LogP contribution in [0.1, 0.15) is 11.1 Å². The number of benzene rings is 2. The van der Waals surface area contributed by atoms with Crippen molar-refractivity contribution >= 4 is 17.5 Å². The highest BCUT2D eigenvalue weighted by atomic mass is 35.5. The second-order valence-electron chi connectivity index (χ2n) is 8.29. The smallest absolute Gasteiger partial charge is 0.394 e. The van der Waals surface area contributed by atoms with Crippen molar-refractivity contribution in [3.05, 3.63) is 75.2 Å². The van der Waals surface area contributed by atoms with E-state index >= 15 is 0 Å². The molecule has 3 rings (SSSR count). The average molecular weight is 567 g/mol. The summed E-state index contributed by atoms with van der Waals surface area (Å²) in [6, 6.07) is 8.80. The van der Waals surface area contributed by atoms with Crippen molar-refractivity contribution in [1.82, 2.24) is 19.7 Å². The topological polar surface area (TPSA) is 109 Å². The molecular formula is C23H21ClF6N4O4. The highest BCUT2D eigenvalue weighted by Gasteiger charge is 2.39. The first kappa shape index (κ1) is 29.2. The van der Waals surface area contributed by atoms with Crippen LogP contribution in [0.25, 0.3) is 11.4 Å². The van der Waals surface area contributed by atoms with E-state index < -0.39 is 61.4 Å². The largest absolute Gasteiger partial charge is 0.416 e. The van der Waals surface area contributed by atoms with Crippen molar-refractivity contribution in [3.63, 3.8) is 0 Å². The molecule has 0 saturated heterocycles. The SMILES string of the molecule is O=C(Cn1nc(-c2ccc(Cl)cc2)n(C[C@H](O)C(F)(F)F)c1=O)N[C@@H](CO)Cc1cccc(C(F)(F)F)c1. The third kappa shape index (κ3) is 7.36. The van der Waals surface area contributed by atoms with Crippen molar-refractivity contribution < 1.29 is 41.4 Å². The summed E-state index contributed by atoms with van der Waals surface area (Å²) in [5, 5.41) is 25.7. The second-order valence-corrected chi connectivity index (χ2v) is 8.72. The first-order chi connectivity index (χ1) is 17.7. The van der Waals surface area contributed by atoms with Gasteiger partial charge >= 0.3 is 18.0 Å². The fourth-order valence-electron chi connectivity index (χ4n) is 3.53. The Kier molecular flexibility index (Phi) is 8.90. The van der Waals surface area contributed by atoms with Gasteiger partial charge in [0, 0.05) is 10.6 Å². The van der Waals surface area contributed by atoms with Crippen molar-refractivity contribution in [2.45, 2.75) is 44.0 Å². The number of alkyl halides is 6. The van der Waals surface area contributed by atoms with Crippen molar-refractivity contribution in [2.75, 3.05) is 6.61 Å². The summed E-state index contributed by atoms with van der Waals surface area (Å²) in [6.45, 7) is -2.64. The zero-order chi connectivity index (χ0) is 28.3. The highest BCUT2D eigenvalue weighted by molar-refractivity contribution is 6.30. The molecule has 206 valence electrons. The number of carbonyl (C=O) groups is 1. The summed E-state index contributed by atoms with van der Waals surface area (Å²) in [7, 11) is 0. The number of aliphatic hydroxyl groups excluding tert-OH is 2. The van der Waals surface area contributed by atoms with E-state index in [-0.39, 0.29) is 23.4 Å². The lowest BCUT2D eigenvalue weighted by Crippen LogP contribution is -2.43. The molecule has 8 nitrogen and oxygen atoms in total. The number of hydrogen-bond acceptors (Lipinski definition) is 5. The van der Waals surface area contributed by atoms with Crippen molar-refractivity contribution in [3.8, 4) is 11.4 Å². The van der Waals surface area contributed by atoms with E-state index in [0.717, 1.165) is 12.1 Å². The van der Waals surface area contributed by atoms with Gasteiger partial charge in [-0.25, -0.2) is 9.48 Å². The predicted molar refractivity (Wildman–Crippen MR) is 123 cm³/mol. The first-order valence-corrected chi connectivity index (χ1v) is 11.3. The summed E-state index contributed by atoms with van der Waals surface area (Å²) in [6.07, 6.45) is -12.7. The zero-order valence-electron chi connectivity index (χ0n) is 19.3. The maximum atomic E-state index is 13.0. The van der Waals surface area contributed by atoms with Gasteiger partial charge in [-0.1, -0.05) is 29.8 Å². The maximum Gasteiger partial charge on any atom is 0.416 e. The van der Waals surface area contributed by atoms with Crippen LogP contribution in [0.5, 0.6) is 0 Å². The van der Waals surface area contributed by atoms with E-state index in [1.165, 1.54) is 36.4 Å². The number of halogens is 7. The van der Waals surface area contributed by atoms with E-state index in [9.17, 15) is 46.1 Å². The number of nitrogens with zero attached hydrogens (tertiary/aromatic N) is 3. The molecule has 2 atom stereocenters. The minimum absolute atomic E-state index is 0.173. The Morgan fingerprint density at radius 3 is 2.32 bits per heavy atom. The predicted octanol–water partition coefficient (Wildman–Crippen LogP) is 3.03. The number of nitrogens with one attached hydrogen (secondary N) is 1. The minimum atomic E-state index is -5.03. The number of aromatic nitrogens is 3. The lowest BCUT2D eigenvalue weighted by molar-refractivity contribution is -0.207. The molecule has 0 aliphatic carbocycles. The summed E-state index contributed by atoms with van der Waals surface area (Å²) in [4.78, 5) is 25.4. The Morgan fingerprint density at radius 1 is 1.08 bits per heavy atom. The van der Waals surface area contributed by atoms with Crippen LogP contribution >= 0.6 is 11.6 Å². The van der Waals surface area contributed by atoms with Gasteiger partial charge in [-0.3, -0.25) is 9.36 Å². The summed E-state index contributed by atoms with van der Waals surface area (Å²) in [5.74, 6) is -1.16. The number of hydrogen-bond donors (Lipinski definition) is 3. The Bertz CT molecular complexity index is 1320.